The minimum atomic E-state index is -4.35. The Labute approximate surface area is 118 Å². The predicted molar refractivity (Wildman–Crippen MR) is 72.5 cm³/mol. The Hall–Kier alpha value is -1.24. The lowest BCUT2D eigenvalue weighted by Gasteiger charge is -2.24. The van der Waals surface area contributed by atoms with Crippen LogP contribution in [0.2, 0.25) is 0 Å². The number of rotatable bonds is 4. The van der Waals surface area contributed by atoms with Crippen molar-refractivity contribution in [2.45, 2.75) is 25.1 Å². The topological polar surface area (TPSA) is 38.3 Å². The smallest absolute Gasteiger partial charge is 0.422 e. The molecule has 1 saturated heterocycles. The summed E-state index contributed by atoms with van der Waals surface area (Å²) in [6.45, 7) is -1.31. The van der Waals surface area contributed by atoms with Gasteiger partial charge in [0.15, 0.2) is 6.61 Å². The molecule has 0 aliphatic carbocycles. The molecule has 0 aromatic heterocycles. The van der Waals surface area contributed by atoms with E-state index >= 15 is 0 Å². The summed E-state index contributed by atoms with van der Waals surface area (Å²) in [5.74, 6) is 1.45. The molecule has 0 bridgehead atoms. The lowest BCUT2D eigenvalue weighted by molar-refractivity contribution is -0.153. The Bertz CT molecular complexity index is 469. The minimum Gasteiger partial charge on any atom is -0.482 e. The highest BCUT2D eigenvalue weighted by atomic mass is 32.2. The van der Waals surface area contributed by atoms with Crippen molar-refractivity contribution in [3.63, 3.8) is 0 Å². The highest BCUT2D eigenvalue weighted by molar-refractivity contribution is 7.85. The molecule has 0 amide bonds. The Morgan fingerprint density at radius 2 is 1.90 bits per heavy atom. The number of nitrogens with one attached hydrogen (secondary N) is 1. The second-order valence-electron chi connectivity index (χ2n) is 4.67. The van der Waals surface area contributed by atoms with Gasteiger partial charge >= 0.3 is 6.18 Å². The van der Waals surface area contributed by atoms with Gasteiger partial charge in [0, 0.05) is 28.3 Å². The molecule has 0 saturated carbocycles. The molecule has 1 heterocycles. The van der Waals surface area contributed by atoms with Crippen molar-refractivity contribution in [2.75, 3.05) is 23.4 Å². The molecule has 1 aromatic rings. The van der Waals surface area contributed by atoms with Crippen LogP contribution in [0.4, 0.5) is 18.9 Å². The van der Waals surface area contributed by atoms with Gasteiger partial charge < -0.3 is 10.1 Å². The molecule has 0 atom stereocenters. The standard InChI is InChI=1S/C13H16F3NO2S/c14-13(15,16)9-19-12-4-2-1-3-11(12)17-10-5-7-20(18)8-6-10/h1-4,10,17H,5-9H2. The first-order valence-electron chi connectivity index (χ1n) is 6.34. The average Bonchev–Trinajstić information content (AvgIpc) is 2.39. The van der Waals surface area contributed by atoms with Gasteiger partial charge in [0.25, 0.3) is 0 Å². The Balaban J connectivity index is 1.98. The van der Waals surface area contributed by atoms with Crippen LogP contribution in [0.5, 0.6) is 5.75 Å². The summed E-state index contributed by atoms with van der Waals surface area (Å²) in [4.78, 5) is 0. The van der Waals surface area contributed by atoms with Crippen LogP contribution in [0, 0.1) is 0 Å². The quantitative estimate of drug-likeness (QED) is 0.929. The zero-order valence-electron chi connectivity index (χ0n) is 10.8. The van der Waals surface area contributed by atoms with E-state index in [0.717, 1.165) is 12.8 Å². The Morgan fingerprint density at radius 1 is 1.25 bits per heavy atom. The number of hydrogen-bond donors (Lipinski definition) is 1. The van der Waals surface area contributed by atoms with Crippen LogP contribution in [-0.4, -0.2) is 34.5 Å². The molecule has 112 valence electrons. The molecule has 1 aliphatic heterocycles. The fraction of sp³-hybridized carbons (Fsp3) is 0.538. The first kappa shape index (κ1) is 15.2. The normalized spacial score (nSPS) is 23.4. The molecule has 1 aromatic carbocycles. The van der Waals surface area contributed by atoms with Gasteiger partial charge in [0.1, 0.15) is 5.75 Å². The third kappa shape index (κ3) is 4.70. The van der Waals surface area contributed by atoms with Crippen LogP contribution in [0.15, 0.2) is 24.3 Å². The van der Waals surface area contributed by atoms with Crippen molar-refractivity contribution < 1.29 is 22.1 Å². The van der Waals surface area contributed by atoms with Gasteiger partial charge in [-0.05, 0) is 25.0 Å². The van der Waals surface area contributed by atoms with E-state index in [1.807, 2.05) is 0 Å². The summed E-state index contributed by atoms with van der Waals surface area (Å²) >= 11 is 0. The summed E-state index contributed by atoms with van der Waals surface area (Å²) in [6, 6.07) is 6.70. The molecule has 7 heteroatoms. The number of anilines is 1. The molecule has 2 rings (SSSR count). The number of alkyl halides is 3. The molecule has 1 N–H and O–H groups in total. The van der Waals surface area contributed by atoms with Gasteiger partial charge in [-0.1, -0.05) is 12.1 Å². The number of para-hydroxylation sites is 2. The van der Waals surface area contributed by atoms with Crippen LogP contribution < -0.4 is 10.1 Å². The van der Waals surface area contributed by atoms with Crippen molar-refractivity contribution in [1.82, 2.24) is 0 Å². The Kier molecular flexibility index (Phi) is 4.91. The zero-order chi connectivity index (χ0) is 14.6. The third-order valence-corrected chi connectivity index (χ3v) is 4.41. The van der Waals surface area contributed by atoms with Crippen LogP contribution in [0.1, 0.15) is 12.8 Å². The molecule has 0 unspecified atom stereocenters. The molecule has 1 aliphatic rings. The summed E-state index contributed by atoms with van der Waals surface area (Å²) in [7, 11) is -0.759. The van der Waals surface area contributed by atoms with Crippen molar-refractivity contribution in [1.29, 1.82) is 0 Å². The van der Waals surface area contributed by atoms with Gasteiger partial charge in [-0.2, -0.15) is 13.2 Å². The predicted octanol–water partition coefficient (Wildman–Crippen LogP) is 2.95. The monoisotopic (exact) mass is 307 g/mol. The van der Waals surface area contributed by atoms with Gasteiger partial charge in [0.05, 0.1) is 5.69 Å². The highest BCUT2D eigenvalue weighted by Gasteiger charge is 2.29. The summed E-state index contributed by atoms with van der Waals surface area (Å²) < 4.78 is 52.7. The van der Waals surface area contributed by atoms with Gasteiger partial charge in [-0.3, -0.25) is 4.21 Å². The summed E-state index contributed by atoms with van der Waals surface area (Å²) in [5.41, 5.74) is 0.550. The second kappa shape index (κ2) is 6.47. The van der Waals surface area contributed by atoms with E-state index in [4.69, 9.17) is 4.74 Å². The molecule has 0 radical (unpaired) electrons. The fourth-order valence-electron chi connectivity index (χ4n) is 2.03. The lowest BCUT2D eigenvalue weighted by atomic mass is 10.1. The highest BCUT2D eigenvalue weighted by Crippen LogP contribution is 2.28. The van der Waals surface area contributed by atoms with E-state index in [0.29, 0.717) is 17.2 Å². The average molecular weight is 307 g/mol. The van der Waals surface area contributed by atoms with E-state index in [1.54, 1.807) is 18.2 Å². The second-order valence-corrected chi connectivity index (χ2v) is 6.36. The first-order valence-corrected chi connectivity index (χ1v) is 7.83. The van der Waals surface area contributed by atoms with Crippen molar-refractivity contribution in [3.8, 4) is 5.75 Å². The van der Waals surface area contributed by atoms with E-state index in [9.17, 15) is 17.4 Å². The van der Waals surface area contributed by atoms with Crippen LogP contribution in [0.25, 0.3) is 0 Å². The summed E-state index contributed by atoms with van der Waals surface area (Å²) in [5, 5.41) is 3.18. The van der Waals surface area contributed by atoms with E-state index in [-0.39, 0.29) is 11.8 Å². The number of benzene rings is 1. The SMILES string of the molecule is O=S1CCC(Nc2ccccc2OCC(F)(F)F)CC1. The van der Waals surface area contributed by atoms with Crippen molar-refractivity contribution >= 4 is 16.5 Å². The summed E-state index contributed by atoms with van der Waals surface area (Å²) in [6.07, 6.45) is -2.85. The molecule has 0 spiro atoms. The zero-order valence-corrected chi connectivity index (χ0v) is 11.6. The van der Waals surface area contributed by atoms with E-state index < -0.39 is 23.6 Å². The third-order valence-electron chi connectivity index (χ3n) is 3.03. The number of hydrogen-bond acceptors (Lipinski definition) is 3. The van der Waals surface area contributed by atoms with Gasteiger partial charge in [0.2, 0.25) is 0 Å². The molecular formula is C13H16F3NO2S. The maximum Gasteiger partial charge on any atom is 0.422 e. The number of halogens is 3. The Morgan fingerprint density at radius 3 is 2.55 bits per heavy atom. The number of ether oxygens (including phenoxy) is 1. The maximum absolute atomic E-state index is 12.2. The van der Waals surface area contributed by atoms with Crippen molar-refractivity contribution in [2.24, 2.45) is 0 Å². The molecule has 20 heavy (non-hydrogen) atoms. The van der Waals surface area contributed by atoms with E-state index in [1.165, 1.54) is 6.07 Å². The molecule has 3 nitrogen and oxygen atoms in total. The largest absolute Gasteiger partial charge is 0.482 e. The maximum atomic E-state index is 12.2. The molecular weight excluding hydrogens is 291 g/mol. The first-order chi connectivity index (χ1) is 9.44. The van der Waals surface area contributed by atoms with Gasteiger partial charge in [-0.25, -0.2) is 0 Å². The van der Waals surface area contributed by atoms with E-state index in [2.05, 4.69) is 5.32 Å². The van der Waals surface area contributed by atoms with Crippen LogP contribution in [0.3, 0.4) is 0 Å². The van der Waals surface area contributed by atoms with Gasteiger partial charge in [-0.15, -0.1) is 0 Å². The van der Waals surface area contributed by atoms with Crippen LogP contribution >= 0.6 is 0 Å². The minimum absolute atomic E-state index is 0.128. The van der Waals surface area contributed by atoms with Crippen molar-refractivity contribution in [3.05, 3.63) is 24.3 Å². The fourth-order valence-corrected chi connectivity index (χ4v) is 3.33. The lowest BCUT2D eigenvalue weighted by Crippen LogP contribution is -2.29. The van der Waals surface area contributed by atoms with Crippen LogP contribution in [-0.2, 0) is 10.8 Å². The molecule has 1 fully saturated rings.